The largest absolute Gasteiger partial charge is 0.326 e. The van der Waals surface area contributed by atoms with Gasteiger partial charge in [-0.05, 0) is 19.9 Å². The summed E-state index contributed by atoms with van der Waals surface area (Å²) in [6.45, 7) is 5.38. The van der Waals surface area contributed by atoms with Crippen LogP contribution in [0.25, 0.3) is 0 Å². The van der Waals surface area contributed by atoms with Gasteiger partial charge >= 0.3 is 0 Å². The maximum absolute atomic E-state index is 5.84. The summed E-state index contributed by atoms with van der Waals surface area (Å²) < 4.78 is 0. The molecule has 1 fully saturated rings. The molecular formula is C10H17N3S. The zero-order valence-electron chi connectivity index (χ0n) is 8.57. The molecule has 0 bridgehead atoms. The number of aromatic nitrogens is 1. The molecule has 0 aliphatic carbocycles. The highest BCUT2D eigenvalue weighted by molar-refractivity contribution is 7.09. The van der Waals surface area contributed by atoms with Crippen molar-refractivity contribution in [2.24, 2.45) is 5.73 Å². The zero-order chi connectivity index (χ0) is 9.97. The van der Waals surface area contributed by atoms with Gasteiger partial charge in [0.25, 0.3) is 0 Å². The summed E-state index contributed by atoms with van der Waals surface area (Å²) in [6.07, 6.45) is 2.22. The van der Waals surface area contributed by atoms with Gasteiger partial charge in [-0.1, -0.05) is 0 Å². The van der Waals surface area contributed by atoms with Gasteiger partial charge in [-0.3, -0.25) is 0 Å². The van der Waals surface area contributed by atoms with Gasteiger partial charge in [-0.15, -0.1) is 11.3 Å². The summed E-state index contributed by atoms with van der Waals surface area (Å²) in [5, 5.41) is 3.37. The summed E-state index contributed by atoms with van der Waals surface area (Å²) in [6, 6.07) is 0.396. The molecule has 4 heteroatoms. The van der Waals surface area contributed by atoms with Gasteiger partial charge in [-0.2, -0.15) is 0 Å². The average Bonchev–Trinajstić information content (AvgIpc) is 2.72. The van der Waals surface area contributed by atoms with Crippen LogP contribution in [0, 0.1) is 6.92 Å². The van der Waals surface area contributed by atoms with Crippen molar-refractivity contribution in [2.75, 3.05) is 19.6 Å². The Bertz CT molecular complexity index is 297. The number of nitrogens with zero attached hydrogens (tertiary/aromatic N) is 2. The third-order valence-corrected chi connectivity index (χ3v) is 3.64. The van der Waals surface area contributed by atoms with E-state index in [9.17, 15) is 0 Å². The lowest BCUT2D eigenvalue weighted by atomic mass is 10.3. The van der Waals surface area contributed by atoms with Crippen LogP contribution in [-0.2, 0) is 6.42 Å². The Morgan fingerprint density at radius 2 is 2.57 bits per heavy atom. The lowest BCUT2D eigenvalue weighted by Gasteiger charge is -2.13. The number of nitrogens with two attached hydrogens (primary N) is 1. The van der Waals surface area contributed by atoms with Crippen molar-refractivity contribution in [3.63, 3.8) is 0 Å². The Hall–Kier alpha value is -0.450. The van der Waals surface area contributed by atoms with E-state index in [1.165, 1.54) is 5.01 Å². The summed E-state index contributed by atoms with van der Waals surface area (Å²) in [5.74, 6) is 0. The Labute approximate surface area is 88.9 Å². The van der Waals surface area contributed by atoms with Gasteiger partial charge < -0.3 is 10.6 Å². The smallest absolute Gasteiger partial charge is 0.0940 e. The van der Waals surface area contributed by atoms with Gasteiger partial charge in [0.05, 0.1) is 5.01 Å². The first-order chi connectivity index (χ1) is 6.74. The highest BCUT2D eigenvalue weighted by Crippen LogP contribution is 2.12. The molecule has 0 saturated carbocycles. The molecule has 0 aromatic carbocycles. The predicted octanol–water partition coefficient (Wildman–Crippen LogP) is 1.03. The van der Waals surface area contributed by atoms with Crippen LogP contribution in [0.15, 0.2) is 5.38 Å². The van der Waals surface area contributed by atoms with Crippen molar-refractivity contribution < 1.29 is 0 Å². The van der Waals surface area contributed by atoms with E-state index in [2.05, 4.69) is 15.3 Å². The monoisotopic (exact) mass is 211 g/mol. The minimum Gasteiger partial charge on any atom is -0.326 e. The topological polar surface area (TPSA) is 42.1 Å². The van der Waals surface area contributed by atoms with Gasteiger partial charge in [0.1, 0.15) is 0 Å². The molecule has 2 rings (SSSR count). The third-order valence-electron chi connectivity index (χ3n) is 2.62. The van der Waals surface area contributed by atoms with Crippen molar-refractivity contribution in [3.05, 3.63) is 16.1 Å². The number of thiazole rings is 1. The number of aryl methyl sites for hydroxylation is 1. The first-order valence-corrected chi connectivity index (χ1v) is 6.01. The molecular weight excluding hydrogens is 194 g/mol. The van der Waals surface area contributed by atoms with Crippen molar-refractivity contribution in [1.29, 1.82) is 0 Å². The number of likely N-dealkylation sites (tertiary alicyclic amines) is 1. The van der Waals surface area contributed by atoms with E-state index in [0.29, 0.717) is 6.04 Å². The fourth-order valence-electron chi connectivity index (χ4n) is 1.84. The Balaban J connectivity index is 1.77. The summed E-state index contributed by atoms with van der Waals surface area (Å²) in [7, 11) is 0. The van der Waals surface area contributed by atoms with Gasteiger partial charge in [0.2, 0.25) is 0 Å². The van der Waals surface area contributed by atoms with Crippen LogP contribution >= 0.6 is 11.3 Å². The van der Waals surface area contributed by atoms with E-state index < -0.39 is 0 Å². The fourth-order valence-corrected chi connectivity index (χ4v) is 2.60. The SMILES string of the molecule is Cc1csc(CCN2CCC(N)C2)n1. The molecule has 1 aliphatic heterocycles. The van der Waals surface area contributed by atoms with Crippen LogP contribution in [0.1, 0.15) is 17.1 Å². The molecule has 1 atom stereocenters. The van der Waals surface area contributed by atoms with Crippen LogP contribution in [0.5, 0.6) is 0 Å². The Morgan fingerprint density at radius 3 is 3.14 bits per heavy atom. The number of rotatable bonds is 3. The quantitative estimate of drug-likeness (QED) is 0.812. The zero-order valence-corrected chi connectivity index (χ0v) is 9.39. The van der Waals surface area contributed by atoms with E-state index >= 15 is 0 Å². The van der Waals surface area contributed by atoms with E-state index in [1.54, 1.807) is 11.3 Å². The molecule has 78 valence electrons. The van der Waals surface area contributed by atoms with Crippen molar-refractivity contribution in [1.82, 2.24) is 9.88 Å². The van der Waals surface area contributed by atoms with Gasteiger partial charge in [0.15, 0.2) is 0 Å². The molecule has 2 N–H and O–H groups in total. The lowest BCUT2D eigenvalue weighted by Crippen LogP contribution is -2.28. The molecule has 1 aliphatic rings. The lowest BCUT2D eigenvalue weighted by molar-refractivity contribution is 0.338. The van der Waals surface area contributed by atoms with Gasteiger partial charge in [0, 0.05) is 36.6 Å². The molecule has 1 unspecified atom stereocenters. The van der Waals surface area contributed by atoms with Crippen molar-refractivity contribution in [3.8, 4) is 0 Å². The molecule has 2 heterocycles. The molecule has 1 aromatic heterocycles. The van der Waals surface area contributed by atoms with E-state index in [4.69, 9.17) is 5.73 Å². The molecule has 0 radical (unpaired) electrons. The van der Waals surface area contributed by atoms with E-state index in [1.807, 2.05) is 6.92 Å². The summed E-state index contributed by atoms with van der Waals surface area (Å²) in [5.41, 5.74) is 6.99. The second-order valence-corrected chi connectivity index (χ2v) is 4.92. The first-order valence-electron chi connectivity index (χ1n) is 5.13. The summed E-state index contributed by atoms with van der Waals surface area (Å²) >= 11 is 1.76. The fraction of sp³-hybridized carbons (Fsp3) is 0.700. The van der Waals surface area contributed by atoms with Crippen LogP contribution in [0.2, 0.25) is 0 Å². The van der Waals surface area contributed by atoms with Crippen molar-refractivity contribution >= 4 is 11.3 Å². The van der Waals surface area contributed by atoms with Crippen LogP contribution in [0.3, 0.4) is 0 Å². The first kappa shape index (κ1) is 10.1. The van der Waals surface area contributed by atoms with Crippen LogP contribution in [0.4, 0.5) is 0 Å². The second kappa shape index (κ2) is 4.38. The summed E-state index contributed by atoms with van der Waals surface area (Å²) in [4.78, 5) is 6.88. The normalized spacial score (nSPS) is 23.1. The average molecular weight is 211 g/mol. The molecule has 1 aromatic rings. The maximum Gasteiger partial charge on any atom is 0.0940 e. The van der Waals surface area contributed by atoms with Crippen LogP contribution < -0.4 is 5.73 Å². The minimum atomic E-state index is 0.396. The Kier molecular flexibility index (Phi) is 3.15. The maximum atomic E-state index is 5.84. The van der Waals surface area contributed by atoms with Crippen LogP contribution in [-0.4, -0.2) is 35.6 Å². The van der Waals surface area contributed by atoms with Crippen molar-refractivity contribution in [2.45, 2.75) is 25.8 Å². The van der Waals surface area contributed by atoms with Gasteiger partial charge in [-0.25, -0.2) is 4.98 Å². The third kappa shape index (κ3) is 2.53. The van der Waals surface area contributed by atoms with E-state index in [0.717, 1.165) is 38.2 Å². The standard InChI is InChI=1S/C10H17N3S/c1-8-7-14-10(12-8)3-5-13-4-2-9(11)6-13/h7,9H,2-6,11H2,1H3. The molecule has 14 heavy (non-hydrogen) atoms. The second-order valence-electron chi connectivity index (χ2n) is 3.98. The molecule has 3 nitrogen and oxygen atoms in total. The molecule has 0 amide bonds. The molecule has 0 spiro atoms. The highest BCUT2D eigenvalue weighted by atomic mass is 32.1. The van der Waals surface area contributed by atoms with E-state index in [-0.39, 0.29) is 0 Å². The minimum absolute atomic E-state index is 0.396. The Morgan fingerprint density at radius 1 is 1.71 bits per heavy atom. The highest BCUT2D eigenvalue weighted by Gasteiger charge is 2.18. The molecule has 1 saturated heterocycles. The number of hydrogen-bond acceptors (Lipinski definition) is 4. The predicted molar refractivity (Wildman–Crippen MR) is 59.6 cm³/mol. The number of hydrogen-bond donors (Lipinski definition) is 1.